The van der Waals surface area contributed by atoms with Gasteiger partial charge in [0, 0.05) is 6.04 Å². The zero-order chi connectivity index (χ0) is 15.4. The summed E-state index contributed by atoms with van der Waals surface area (Å²) in [4.78, 5) is 0. The van der Waals surface area contributed by atoms with Crippen molar-refractivity contribution in [1.29, 1.82) is 5.26 Å². The van der Waals surface area contributed by atoms with Crippen molar-refractivity contribution < 1.29 is 13.5 Å². The first-order valence-corrected chi connectivity index (χ1v) is 6.37. The number of nitrogens with zero attached hydrogens (tertiary/aromatic N) is 1. The van der Waals surface area contributed by atoms with Crippen LogP contribution in [0.2, 0.25) is 0 Å². The number of benzene rings is 2. The Bertz CT molecular complexity index is 693. The highest BCUT2D eigenvalue weighted by atomic mass is 19.1. The third kappa shape index (κ3) is 3.56. The van der Waals surface area contributed by atoms with Gasteiger partial charge in [-0.2, -0.15) is 5.26 Å². The second-order valence-corrected chi connectivity index (χ2v) is 4.69. The third-order valence-corrected chi connectivity index (χ3v) is 3.03. The second-order valence-electron chi connectivity index (χ2n) is 4.69. The molecule has 0 heterocycles. The van der Waals surface area contributed by atoms with E-state index in [2.05, 4.69) is 0 Å². The van der Waals surface area contributed by atoms with E-state index in [1.165, 1.54) is 30.3 Å². The topological polar surface area (TPSA) is 59.0 Å². The molecular formula is C16H14F2N2O. The van der Waals surface area contributed by atoms with E-state index in [1.54, 1.807) is 19.1 Å². The van der Waals surface area contributed by atoms with Crippen LogP contribution >= 0.6 is 0 Å². The minimum Gasteiger partial charge on any atom is -0.486 e. The maximum Gasteiger partial charge on any atom is 0.165 e. The molecule has 0 spiro atoms. The predicted molar refractivity (Wildman–Crippen MR) is 74.4 cm³/mol. The van der Waals surface area contributed by atoms with Gasteiger partial charge >= 0.3 is 0 Å². The van der Waals surface area contributed by atoms with Gasteiger partial charge in [0.2, 0.25) is 0 Å². The van der Waals surface area contributed by atoms with Gasteiger partial charge in [-0.05, 0) is 42.3 Å². The van der Waals surface area contributed by atoms with Gasteiger partial charge in [-0.15, -0.1) is 0 Å². The van der Waals surface area contributed by atoms with E-state index in [0.29, 0.717) is 11.1 Å². The highest BCUT2D eigenvalue weighted by molar-refractivity contribution is 5.35. The predicted octanol–water partition coefficient (Wildman–Crippen LogP) is 3.44. The van der Waals surface area contributed by atoms with Crippen molar-refractivity contribution in [2.24, 2.45) is 5.73 Å². The van der Waals surface area contributed by atoms with E-state index < -0.39 is 11.6 Å². The molecule has 108 valence electrons. The number of halogens is 2. The van der Waals surface area contributed by atoms with E-state index >= 15 is 0 Å². The quantitative estimate of drug-likeness (QED) is 0.937. The Morgan fingerprint density at radius 2 is 1.95 bits per heavy atom. The van der Waals surface area contributed by atoms with Crippen LogP contribution in [0.15, 0.2) is 36.4 Å². The molecule has 0 aliphatic carbocycles. The van der Waals surface area contributed by atoms with Crippen LogP contribution in [0.4, 0.5) is 8.78 Å². The van der Waals surface area contributed by atoms with Crippen molar-refractivity contribution in [2.75, 3.05) is 0 Å². The first kappa shape index (κ1) is 14.9. The smallest absolute Gasteiger partial charge is 0.165 e. The van der Waals surface area contributed by atoms with Crippen molar-refractivity contribution in [2.45, 2.75) is 19.6 Å². The lowest BCUT2D eigenvalue weighted by atomic mass is 10.1. The first-order valence-electron chi connectivity index (χ1n) is 6.37. The Balaban J connectivity index is 2.12. The van der Waals surface area contributed by atoms with E-state index in [4.69, 9.17) is 15.7 Å². The fourth-order valence-corrected chi connectivity index (χ4v) is 1.83. The monoisotopic (exact) mass is 288 g/mol. The summed E-state index contributed by atoms with van der Waals surface area (Å²) < 4.78 is 32.4. The van der Waals surface area contributed by atoms with Gasteiger partial charge in [-0.3, -0.25) is 0 Å². The average molecular weight is 288 g/mol. The molecule has 1 atom stereocenters. The lowest BCUT2D eigenvalue weighted by Gasteiger charge is -2.10. The van der Waals surface area contributed by atoms with Crippen LogP contribution in [-0.2, 0) is 6.61 Å². The molecule has 0 aliphatic heterocycles. The molecule has 21 heavy (non-hydrogen) atoms. The molecular weight excluding hydrogens is 274 g/mol. The third-order valence-electron chi connectivity index (χ3n) is 3.03. The van der Waals surface area contributed by atoms with Gasteiger partial charge in [0.05, 0.1) is 5.56 Å². The Morgan fingerprint density at radius 1 is 1.19 bits per heavy atom. The van der Waals surface area contributed by atoms with Gasteiger partial charge in [0.1, 0.15) is 18.5 Å². The zero-order valence-corrected chi connectivity index (χ0v) is 11.4. The van der Waals surface area contributed by atoms with Gasteiger partial charge in [-0.1, -0.05) is 12.1 Å². The highest BCUT2D eigenvalue weighted by Crippen LogP contribution is 2.22. The zero-order valence-electron chi connectivity index (χ0n) is 11.4. The largest absolute Gasteiger partial charge is 0.486 e. The first-order chi connectivity index (χ1) is 10.0. The summed E-state index contributed by atoms with van der Waals surface area (Å²) in [7, 11) is 0. The van der Waals surface area contributed by atoms with Gasteiger partial charge < -0.3 is 10.5 Å². The summed E-state index contributed by atoms with van der Waals surface area (Å²) in [6.45, 7) is 1.81. The second kappa shape index (κ2) is 6.33. The number of hydrogen-bond donors (Lipinski definition) is 1. The normalized spacial score (nSPS) is 11.8. The van der Waals surface area contributed by atoms with E-state index in [-0.39, 0.29) is 24.0 Å². The summed E-state index contributed by atoms with van der Waals surface area (Å²) in [6.07, 6.45) is 0. The van der Waals surface area contributed by atoms with Gasteiger partial charge in [0.25, 0.3) is 0 Å². The number of rotatable bonds is 4. The Morgan fingerprint density at radius 3 is 2.57 bits per heavy atom. The molecule has 2 aromatic carbocycles. The molecule has 0 saturated carbocycles. The molecule has 2 N–H and O–H groups in total. The van der Waals surface area contributed by atoms with Crippen molar-refractivity contribution in [3.63, 3.8) is 0 Å². The summed E-state index contributed by atoms with van der Waals surface area (Å²) in [6, 6.07) is 10.1. The van der Waals surface area contributed by atoms with E-state index in [1.807, 2.05) is 0 Å². The summed E-state index contributed by atoms with van der Waals surface area (Å²) in [5.41, 5.74) is 6.87. The molecule has 0 aliphatic rings. The van der Waals surface area contributed by atoms with Crippen LogP contribution in [0, 0.1) is 23.0 Å². The van der Waals surface area contributed by atoms with Crippen molar-refractivity contribution in [1.82, 2.24) is 0 Å². The van der Waals surface area contributed by atoms with Crippen LogP contribution < -0.4 is 10.5 Å². The minimum absolute atomic E-state index is 0.0450. The SMILES string of the molecule is C[C@@H](N)c1ccc(OCc2ccc(F)c(C#N)c2)c(F)c1. The lowest BCUT2D eigenvalue weighted by molar-refractivity contribution is 0.290. The Labute approximate surface area is 121 Å². The molecule has 5 heteroatoms. The number of nitrogens with two attached hydrogens (primary N) is 1. The molecule has 0 bridgehead atoms. The van der Waals surface area contributed by atoms with Crippen molar-refractivity contribution in [3.8, 4) is 11.8 Å². The number of hydrogen-bond acceptors (Lipinski definition) is 3. The molecule has 2 rings (SSSR count). The van der Waals surface area contributed by atoms with Crippen LogP contribution in [0.3, 0.4) is 0 Å². The molecule has 3 nitrogen and oxygen atoms in total. The Kier molecular flexibility index (Phi) is 4.51. The molecule has 0 saturated heterocycles. The number of nitriles is 1. The van der Waals surface area contributed by atoms with Crippen LogP contribution in [0.5, 0.6) is 5.75 Å². The van der Waals surface area contributed by atoms with Crippen molar-refractivity contribution in [3.05, 3.63) is 64.7 Å². The van der Waals surface area contributed by atoms with E-state index in [0.717, 1.165) is 0 Å². The van der Waals surface area contributed by atoms with Crippen LogP contribution in [0.1, 0.15) is 29.7 Å². The number of ether oxygens (including phenoxy) is 1. The standard InChI is InChI=1S/C16H14F2N2O/c1-10(20)12-3-5-16(15(18)7-12)21-9-11-2-4-14(17)13(6-11)8-19/h2-7,10H,9,20H2,1H3/t10-/m1/s1. The van der Waals surface area contributed by atoms with Gasteiger partial charge in [0.15, 0.2) is 11.6 Å². The summed E-state index contributed by atoms with van der Waals surface area (Å²) >= 11 is 0. The summed E-state index contributed by atoms with van der Waals surface area (Å²) in [5, 5.41) is 8.75. The summed E-state index contributed by atoms with van der Waals surface area (Å²) in [5.74, 6) is -1.01. The molecule has 0 aromatic heterocycles. The van der Waals surface area contributed by atoms with Crippen LogP contribution in [-0.4, -0.2) is 0 Å². The molecule has 2 aromatic rings. The Hall–Kier alpha value is -2.45. The average Bonchev–Trinajstić information content (AvgIpc) is 2.47. The fourth-order valence-electron chi connectivity index (χ4n) is 1.83. The lowest BCUT2D eigenvalue weighted by Crippen LogP contribution is -2.06. The van der Waals surface area contributed by atoms with E-state index in [9.17, 15) is 8.78 Å². The molecule has 0 fully saturated rings. The highest BCUT2D eigenvalue weighted by Gasteiger charge is 2.08. The van der Waals surface area contributed by atoms with Gasteiger partial charge in [-0.25, -0.2) is 8.78 Å². The molecule has 0 amide bonds. The van der Waals surface area contributed by atoms with Crippen molar-refractivity contribution >= 4 is 0 Å². The minimum atomic E-state index is -0.589. The fraction of sp³-hybridized carbons (Fsp3) is 0.188. The molecule has 0 unspecified atom stereocenters. The van der Waals surface area contributed by atoms with Crippen LogP contribution in [0.25, 0.3) is 0 Å². The molecule has 0 radical (unpaired) electrons. The maximum atomic E-state index is 13.8. The maximum absolute atomic E-state index is 13.8.